The molecule has 0 unspecified atom stereocenters. The molecule has 0 aliphatic carbocycles. The van der Waals surface area contributed by atoms with Gasteiger partial charge in [-0.3, -0.25) is 9.48 Å². The van der Waals surface area contributed by atoms with Gasteiger partial charge in [-0.25, -0.2) is 0 Å². The highest BCUT2D eigenvalue weighted by Crippen LogP contribution is 2.27. The van der Waals surface area contributed by atoms with Gasteiger partial charge in [-0.05, 0) is 19.2 Å². The zero-order valence-electron chi connectivity index (χ0n) is 11.6. The van der Waals surface area contributed by atoms with Crippen LogP contribution in [0.5, 0.6) is 0 Å². The topological polar surface area (TPSA) is 50.2 Å². The maximum Gasteiger partial charge on any atom is 0.435 e. The van der Waals surface area contributed by atoms with Gasteiger partial charge in [0.2, 0.25) is 5.91 Å². The van der Waals surface area contributed by atoms with E-state index in [1.807, 2.05) is 13.8 Å². The first-order valence-electron chi connectivity index (χ1n) is 6.46. The number of hydrogen-bond donors (Lipinski definition) is 1. The minimum atomic E-state index is -4.48. The quantitative estimate of drug-likeness (QED) is 0.825. The second-order valence-electron chi connectivity index (χ2n) is 4.27. The van der Waals surface area contributed by atoms with Crippen LogP contribution in [-0.2, 0) is 17.5 Å². The van der Waals surface area contributed by atoms with E-state index in [0.29, 0.717) is 13.1 Å². The van der Waals surface area contributed by atoms with Crippen molar-refractivity contribution in [2.75, 3.05) is 26.2 Å². The standard InChI is InChI=1S/C12H19F3N4O/c1-3-18(4-2)8-6-16-11(20)9-19-7-5-10(17-19)12(13,14)15/h5,7H,3-4,6,8-9H2,1-2H3,(H,16,20). The van der Waals surface area contributed by atoms with Crippen LogP contribution in [-0.4, -0.2) is 46.8 Å². The van der Waals surface area contributed by atoms with E-state index in [2.05, 4.69) is 15.3 Å². The number of hydrogen-bond acceptors (Lipinski definition) is 3. The predicted octanol–water partition coefficient (Wildman–Crippen LogP) is 1.36. The smallest absolute Gasteiger partial charge is 0.353 e. The summed E-state index contributed by atoms with van der Waals surface area (Å²) >= 11 is 0. The van der Waals surface area contributed by atoms with E-state index in [0.717, 1.165) is 30.0 Å². The van der Waals surface area contributed by atoms with Crippen LogP contribution in [0.4, 0.5) is 13.2 Å². The van der Waals surface area contributed by atoms with Gasteiger partial charge in [-0.1, -0.05) is 13.8 Å². The minimum Gasteiger partial charge on any atom is -0.353 e. The van der Waals surface area contributed by atoms with Crippen LogP contribution in [0.3, 0.4) is 0 Å². The van der Waals surface area contributed by atoms with E-state index in [9.17, 15) is 18.0 Å². The summed E-state index contributed by atoms with van der Waals surface area (Å²) in [5.41, 5.74) is -0.992. The van der Waals surface area contributed by atoms with Gasteiger partial charge >= 0.3 is 6.18 Å². The van der Waals surface area contributed by atoms with Gasteiger partial charge in [0.25, 0.3) is 0 Å². The molecule has 0 aromatic carbocycles. The number of carbonyl (C=O) groups is 1. The lowest BCUT2D eigenvalue weighted by molar-refractivity contribution is -0.141. The summed E-state index contributed by atoms with van der Waals surface area (Å²) in [6.07, 6.45) is -3.34. The molecule has 1 rings (SSSR count). The molecule has 1 amide bonds. The average Bonchev–Trinajstić information content (AvgIpc) is 2.83. The van der Waals surface area contributed by atoms with Crippen molar-refractivity contribution in [1.82, 2.24) is 20.0 Å². The average molecular weight is 292 g/mol. The molecule has 0 spiro atoms. The van der Waals surface area contributed by atoms with Crippen molar-refractivity contribution in [2.24, 2.45) is 0 Å². The third kappa shape index (κ3) is 5.20. The van der Waals surface area contributed by atoms with Gasteiger partial charge in [0.05, 0.1) is 0 Å². The third-order valence-corrected chi connectivity index (χ3v) is 2.88. The van der Waals surface area contributed by atoms with E-state index in [4.69, 9.17) is 0 Å². The first-order chi connectivity index (χ1) is 9.36. The summed E-state index contributed by atoms with van der Waals surface area (Å²) < 4.78 is 38.0. The van der Waals surface area contributed by atoms with Gasteiger partial charge in [-0.2, -0.15) is 18.3 Å². The Morgan fingerprint density at radius 1 is 1.40 bits per heavy atom. The van der Waals surface area contributed by atoms with Crippen molar-refractivity contribution >= 4 is 5.91 Å². The van der Waals surface area contributed by atoms with Gasteiger partial charge in [0.15, 0.2) is 5.69 Å². The molecule has 1 aromatic heterocycles. The molecule has 1 aromatic rings. The molecule has 0 bridgehead atoms. The first-order valence-corrected chi connectivity index (χ1v) is 6.46. The summed E-state index contributed by atoms with van der Waals surface area (Å²) in [7, 11) is 0. The molecule has 0 saturated heterocycles. The van der Waals surface area contributed by atoms with Crippen molar-refractivity contribution in [3.63, 3.8) is 0 Å². The van der Waals surface area contributed by atoms with Crippen molar-refractivity contribution < 1.29 is 18.0 Å². The molecule has 1 N–H and O–H groups in total. The SMILES string of the molecule is CCN(CC)CCNC(=O)Cn1ccc(C(F)(F)F)n1. The van der Waals surface area contributed by atoms with Gasteiger partial charge in [0.1, 0.15) is 6.54 Å². The number of aromatic nitrogens is 2. The number of nitrogens with one attached hydrogen (secondary N) is 1. The van der Waals surface area contributed by atoms with Gasteiger partial charge in [0, 0.05) is 19.3 Å². The highest BCUT2D eigenvalue weighted by molar-refractivity contribution is 5.75. The maximum atomic E-state index is 12.3. The lowest BCUT2D eigenvalue weighted by atomic mass is 10.4. The summed E-state index contributed by atoms with van der Waals surface area (Å²) in [4.78, 5) is 13.7. The summed E-state index contributed by atoms with van der Waals surface area (Å²) in [6, 6.07) is 0.850. The fourth-order valence-electron chi connectivity index (χ4n) is 1.70. The predicted molar refractivity (Wildman–Crippen MR) is 68.0 cm³/mol. The number of carbonyl (C=O) groups excluding carboxylic acids is 1. The summed E-state index contributed by atoms with van der Waals surface area (Å²) in [6.45, 7) is 6.79. The number of halogens is 3. The van der Waals surface area contributed by atoms with E-state index in [-0.39, 0.29) is 12.5 Å². The molecule has 0 aliphatic heterocycles. The van der Waals surface area contributed by atoms with Crippen LogP contribution in [0.25, 0.3) is 0 Å². The van der Waals surface area contributed by atoms with Gasteiger partial charge < -0.3 is 10.2 Å². The van der Waals surface area contributed by atoms with E-state index in [1.165, 1.54) is 0 Å². The lowest BCUT2D eigenvalue weighted by Crippen LogP contribution is -2.36. The van der Waals surface area contributed by atoms with Crippen LogP contribution >= 0.6 is 0 Å². The number of alkyl halides is 3. The molecule has 0 radical (unpaired) electrons. The molecule has 0 aliphatic rings. The Hall–Kier alpha value is -1.57. The summed E-state index contributed by atoms with van der Waals surface area (Å²) in [5.74, 6) is -0.353. The highest BCUT2D eigenvalue weighted by Gasteiger charge is 2.33. The zero-order chi connectivity index (χ0) is 15.2. The number of likely N-dealkylation sites (N-methyl/N-ethyl adjacent to an activating group) is 1. The fourth-order valence-corrected chi connectivity index (χ4v) is 1.70. The zero-order valence-corrected chi connectivity index (χ0v) is 11.6. The molecule has 8 heteroatoms. The molecule has 0 fully saturated rings. The molecule has 1 heterocycles. The Kier molecular flexibility index (Phi) is 6.00. The normalized spacial score (nSPS) is 11.9. The Labute approximate surface area is 115 Å². The Morgan fingerprint density at radius 2 is 2.05 bits per heavy atom. The third-order valence-electron chi connectivity index (χ3n) is 2.88. The molecule has 0 saturated carbocycles. The van der Waals surface area contributed by atoms with Crippen molar-refractivity contribution in [1.29, 1.82) is 0 Å². The largest absolute Gasteiger partial charge is 0.435 e. The number of rotatable bonds is 7. The maximum absolute atomic E-state index is 12.3. The molecule has 5 nitrogen and oxygen atoms in total. The lowest BCUT2D eigenvalue weighted by Gasteiger charge is -2.17. The first kappa shape index (κ1) is 16.5. The van der Waals surface area contributed by atoms with Crippen LogP contribution in [0, 0.1) is 0 Å². The summed E-state index contributed by atoms with van der Waals surface area (Å²) in [5, 5.41) is 5.97. The number of nitrogens with zero attached hydrogens (tertiary/aromatic N) is 3. The second-order valence-corrected chi connectivity index (χ2v) is 4.27. The molecule has 20 heavy (non-hydrogen) atoms. The number of amides is 1. The fraction of sp³-hybridized carbons (Fsp3) is 0.667. The van der Waals surface area contributed by atoms with E-state index < -0.39 is 11.9 Å². The highest BCUT2D eigenvalue weighted by atomic mass is 19.4. The van der Waals surface area contributed by atoms with Crippen molar-refractivity contribution in [2.45, 2.75) is 26.6 Å². The minimum absolute atomic E-state index is 0.214. The Bertz CT molecular complexity index is 427. The van der Waals surface area contributed by atoms with Crippen LogP contribution in [0.1, 0.15) is 19.5 Å². The Morgan fingerprint density at radius 3 is 2.55 bits per heavy atom. The molecular weight excluding hydrogens is 273 g/mol. The van der Waals surface area contributed by atoms with E-state index >= 15 is 0 Å². The monoisotopic (exact) mass is 292 g/mol. The van der Waals surface area contributed by atoms with Crippen molar-refractivity contribution in [3.05, 3.63) is 18.0 Å². The molecule has 114 valence electrons. The van der Waals surface area contributed by atoms with Crippen LogP contribution in [0.2, 0.25) is 0 Å². The molecule has 0 atom stereocenters. The van der Waals surface area contributed by atoms with E-state index in [1.54, 1.807) is 0 Å². The molecular formula is C12H19F3N4O. The second kappa shape index (κ2) is 7.28. The van der Waals surface area contributed by atoms with Crippen molar-refractivity contribution in [3.8, 4) is 0 Å². The van der Waals surface area contributed by atoms with Crippen LogP contribution in [0.15, 0.2) is 12.3 Å². The Balaban J connectivity index is 2.37. The van der Waals surface area contributed by atoms with Gasteiger partial charge in [-0.15, -0.1) is 0 Å². The van der Waals surface area contributed by atoms with Crippen LogP contribution < -0.4 is 5.32 Å².